The highest BCUT2D eigenvalue weighted by Crippen LogP contribution is 2.27. The third-order valence-electron chi connectivity index (χ3n) is 5.94. The molecule has 1 fully saturated rings. The maximum atomic E-state index is 4.84. The lowest BCUT2D eigenvalue weighted by Crippen LogP contribution is -2.46. The van der Waals surface area contributed by atoms with E-state index in [-0.39, 0.29) is 0 Å². The van der Waals surface area contributed by atoms with Crippen molar-refractivity contribution in [3.8, 4) is 11.3 Å². The van der Waals surface area contributed by atoms with Crippen LogP contribution in [-0.4, -0.2) is 52.6 Å². The predicted molar refractivity (Wildman–Crippen MR) is 125 cm³/mol. The minimum absolute atomic E-state index is 1.03. The first kappa shape index (κ1) is 19.3. The molecule has 1 N–H and O–H groups in total. The van der Waals surface area contributed by atoms with E-state index < -0.39 is 0 Å². The molecule has 4 heterocycles. The largest absolute Gasteiger partial charge is 0.361 e. The number of hydrogen-bond acceptors (Lipinski definition) is 5. The van der Waals surface area contributed by atoms with Crippen LogP contribution in [0.4, 0.5) is 5.13 Å². The number of fused-ring (bicyclic) bond motifs is 1. The number of thiazole rings is 1. The summed E-state index contributed by atoms with van der Waals surface area (Å²) in [6.07, 6.45) is 9.51. The number of para-hydroxylation sites is 1. The van der Waals surface area contributed by atoms with Crippen LogP contribution in [0.1, 0.15) is 18.4 Å². The number of anilines is 1. The van der Waals surface area contributed by atoms with Crippen molar-refractivity contribution < 1.29 is 0 Å². The summed E-state index contributed by atoms with van der Waals surface area (Å²) in [5, 5.41) is 4.65. The summed E-state index contributed by atoms with van der Waals surface area (Å²) in [5.41, 5.74) is 4.82. The van der Waals surface area contributed by atoms with E-state index in [1.807, 2.05) is 12.3 Å². The highest BCUT2D eigenvalue weighted by atomic mass is 32.1. The Hall–Kier alpha value is -2.70. The van der Waals surface area contributed by atoms with Crippen LogP contribution in [0.5, 0.6) is 0 Å². The van der Waals surface area contributed by atoms with Crippen LogP contribution in [0, 0.1) is 0 Å². The molecule has 0 spiro atoms. The zero-order chi connectivity index (χ0) is 20.2. The summed E-state index contributed by atoms with van der Waals surface area (Å²) in [6.45, 7) is 5.55. The smallest absolute Gasteiger partial charge is 0.185 e. The molecule has 1 aromatic carbocycles. The van der Waals surface area contributed by atoms with E-state index >= 15 is 0 Å². The Morgan fingerprint density at radius 3 is 2.77 bits per heavy atom. The summed E-state index contributed by atoms with van der Waals surface area (Å²) in [6, 6.07) is 12.6. The first-order valence-electron chi connectivity index (χ1n) is 10.7. The van der Waals surface area contributed by atoms with Crippen molar-refractivity contribution in [2.75, 3.05) is 37.6 Å². The van der Waals surface area contributed by atoms with Crippen LogP contribution in [0.3, 0.4) is 0 Å². The maximum Gasteiger partial charge on any atom is 0.185 e. The number of piperazine rings is 1. The van der Waals surface area contributed by atoms with Gasteiger partial charge >= 0.3 is 0 Å². The van der Waals surface area contributed by atoms with Crippen LogP contribution >= 0.6 is 11.3 Å². The molecule has 3 aromatic heterocycles. The molecule has 1 aliphatic rings. The van der Waals surface area contributed by atoms with Gasteiger partial charge in [0.2, 0.25) is 0 Å². The van der Waals surface area contributed by atoms with Gasteiger partial charge in [0, 0.05) is 66.6 Å². The summed E-state index contributed by atoms with van der Waals surface area (Å²) >= 11 is 1.74. The summed E-state index contributed by atoms with van der Waals surface area (Å²) in [5.74, 6) is 0. The predicted octanol–water partition coefficient (Wildman–Crippen LogP) is 4.83. The molecule has 0 unspecified atom stereocenters. The first-order valence-corrected chi connectivity index (χ1v) is 11.6. The van der Waals surface area contributed by atoms with Gasteiger partial charge in [-0.2, -0.15) is 0 Å². The average molecular weight is 418 g/mol. The minimum atomic E-state index is 1.03. The summed E-state index contributed by atoms with van der Waals surface area (Å²) in [7, 11) is 0. The Labute approximate surface area is 181 Å². The van der Waals surface area contributed by atoms with Gasteiger partial charge in [-0.1, -0.05) is 18.2 Å². The van der Waals surface area contributed by atoms with Gasteiger partial charge in [0.15, 0.2) is 5.13 Å². The molecule has 0 amide bonds. The molecule has 1 aliphatic heterocycles. The van der Waals surface area contributed by atoms with Gasteiger partial charge < -0.3 is 9.88 Å². The molecule has 0 radical (unpaired) electrons. The number of hydrogen-bond donors (Lipinski definition) is 1. The quantitative estimate of drug-likeness (QED) is 0.438. The molecule has 154 valence electrons. The van der Waals surface area contributed by atoms with Crippen molar-refractivity contribution >= 4 is 27.4 Å². The summed E-state index contributed by atoms with van der Waals surface area (Å²) < 4.78 is 0. The van der Waals surface area contributed by atoms with E-state index in [0.717, 1.165) is 49.0 Å². The van der Waals surface area contributed by atoms with Gasteiger partial charge in [-0.25, -0.2) is 4.98 Å². The third kappa shape index (κ3) is 4.25. The number of benzene rings is 1. The van der Waals surface area contributed by atoms with Crippen molar-refractivity contribution in [1.82, 2.24) is 19.9 Å². The van der Waals surface area contributed by atoms with Crippen molar-refractivity contribution in [2.24, 2.45) is 0 Å². The number of nitrogens with zero attached hydrogens (tertiary/aromatic N) is 4. The lowest BCUT2D eigenvalue weighted by atomic mass is 10.1. The topological polar surface area (TPSA) is 48.1 Å². The van der Waals surface area contributed by atoms with E-state index in [1.54, 1.807) is 17.5 Å². The molecule has 6 heteroatoms. The van der Waals surface area contributed by atoms with Crippen LogP contribution < -0.4 is 4.90 Å². The third-order valence-corrected chi connectivity index (χ3v) is 6.84. The zero-order valence-corrected chi connectivity index (χ0v) is 17.9. The lowest BCUT2D eigenvalue weighted by molar-refractivity contribution is 0.253. The van der Waals surface area contributed by atoms with Gasteiger partial charge in [-0.05, 0) is 49.6 Å². The van der Waals surface area contributed by atoms with Crippen molar-refractivity contribution in [3.63, 3.8) is 0 Å². The normalized spacial score (nSPS) is 15.1. The number of unbranched alkanes of at least 4 members (excludes halogenated alkanes) is 1. The van der Waals surface area contributed by atoms with E-state index in [4.69, 9.17) is 4.98 Å². The molecule has 0 aliphatic carbocycles. The molecule has 5 rings (SSSR count). The van der Waals surface area contributed by atoms with Gasteiger partial charge in [0.05, 0.1) is 5.69 Å². The Morgan fingerprint density at radius 2 is 1.90 bits per heavy atom. The van der Waals surface area contributed by atoms with Crippen LogP contribution in [0.2, 0.25) is 0 Å². The molecular formula is C24H27N5S. The fourth-order valence-electron chi connectivity index (χ4n) is 4.21. The standard InChI is InChI=1S/C24H27N5S/c1-2-9-22-21(8-1)19(17-26-22)6-3-4-11-28-12-14-29(15-13-28)24-27-23(18-30-24)20-7-5-10-25-16-20/h1-2,5,7-10,16-18,26H,3-4,6,11-15H2. The molecule has 1 saturated heterocycles. The Morgan fingerprint density at radius 1 is 1.00 bits per heavy atom. The maximum absolute atomic E-state index is 4.84. The molecule has 0 atom stereocenters. The van der Waals surface area contributed by atoms with E-state index in [9.17, 15) is 0 Å². The SMILES string of the molecule is c1cncc(-c2csc(N3CCN(CCCCc4c[nH]c5ccccc45)CC3)n2)c1. The van der Waals surface area contributed by atoms with Crippen molar-refractivity contribution in [1.29, 1.82) is 0 Å². The second-order valence-corrected chi connectivity index (χ2v) is 8.74. The van der Waals surface area contributed by atoms with Gasteiger partial charge in [-0.3, -0.25) is 9.88 Å². The molecule has 0 saturated carbocycles. The van der Waals surface area contributed by atoms with Crippen LogP contribution in [-0.2, 0) is 6.42 Å². The number of pyridine rings is 1. The number of rotatable bonds is 7. The Balaban J connectivity index is 1.07. The van der Waals surface area contributed by atoms with Crippen LogP contribution in [0.15, 0.2) is 60.4 Å². The number of nitrogens with one attached hydrogen (secondary N) is 1. The van der Waals surface area contributed by atoms with Gasteiger partial charge in [-0.15, -0.1) is 11.3 Å². The van der Waals surface area contributed by atoms with Crippen LogP contribution in [0.25, 0.3) is 22.2 Å². The van der Waals surface area contributed by atoms with E-state index in [1.165, 1.54) is 35.9 Å². The molecule has 30 heavy (non-hydrogen) atoms. The van der Waals surface area contributed by atoms with Crippen molar-refractivity contribution in [2.45, 2.75) is 19.3 Å². The zero-order valence-electron chi connectivity index (χ0n) is 17.1. The average Bonchev–Trinajstić information content (AvgIpc) is 3.46. The van der Waals surface area contributed by atoms with E-state index in [0.29, 0.717) is 0 Å². The highest BCUT2D eigenvalue weighted by Gasteiger charge is 2.19. The van der Waals surface area contributed by atoms with Gasteiger partial charge in [0.25, 0.3) is 0 Å². The lowest BCUT2D eigenvalue weighted by Gasteiger charge is -2.34. The minimum Gasteiger partial charge on any atom is -0.361 e. The number of aryl methyl sites for hydroxylation is 1. The fourth-order valence-corrected chi connectivity index (χ4v) is 5.10. The Bertz CT molecular complexity index is 1080. The second-order valence-electron chi connectivity index (χ2n) is 7.90. The number of aromatic nitrogens is 3. The fraction of sp³-hybridized carbons (Fsp3) is 0.333. The van der Waals surface area contributed by atoms with Gasteiger partial charge in [0.1, 0.15) is 0 Å². The highest BCUT2D eigenvalue weighted by molar-refractivity contribution is 7.14. The monoisotopic (exact) mass is 417 g/mol. The number of H-pyrrole nitrogens is 1. The molecular weight excluding hydrogens is 390 g/mol. The molecule has 0 bridgehead atoms. The number of aromatic amines is 1. The Kier molecular flexibility index (Phi) is 5.77. The molecule has 4 aromatic rings. The van der Waals surface area contributed by atoms with Crippen molar-refractivity contribution in [3.05, 3.63) is 65.9 Å². The second kappa shape index (κ2) is 8.98. The van der Waals surface area contributed by atoms with E-state index in [2.05, 4.69) is 61.7 Å². The summed E-state index contributed by atoms with van der Waals surface area (Å²) in [4.78, 5) is 17.5. The first-order chi connectivity index (χ1) is 14.9. The molecule has 5 nitrogen and oxygen atoms in total.